The molecular formula is C20H32O2Sm. The third kappa shape index (κ3) is 26.8. The smallest absolute Gasteiger partial charge is 0.142 e. The zero-order valence-corrected chi connectivity index (χ0v) is 18.1. The van der Waals surface area contributed by atoms with Gasteiger partial charge >= 0.3 is 0 Å². The molecule has 0 N–H and O–H groups in total. The molecule has 0 aliphatic rings. The van der Waals surface area contributed by atoms with Gasteiger partial charge in [0, 0.05) is 40.4 Å². The normalized spacial score (nSPS) is 10.5. The van der Waals surface area contributed by atoms with Crippen molar-refractivity contribution in [3.05, 3.63) is 46.6 Å². The number of aldehydes is 2. The zero-order valence-electron chi connectivity index (χ0n) is 15.5. The van der Waals surface area contributed by atoms with Crippen LogP contribution in [-0.4, -0.2) is 12.6 Å². The van der Waals surface area contributed by atoms with Crippen molar-refractivity contribution in [3.63, 3.8) is 0 Å². The number of allylic oxidation sites excluding steroid dienone is 8. The number of carbonyl (C=O) groups excluding carboxylic acids is 2. The first-order valence-corrected chi connectivity index (χ1v) is 7.82. The van der Waals surface area contributed by atoms with E-state index in [0.717, 1.165) is 49.4 Å². The van der Waals surface area contributed by atoms with Crippen LogP contribution in [0.3, 0.4) is 0 Å². The number of carbonyl (C=O) groups is 2. The van der Waals surface area contributed by atoms with Gasteiger partial charge in [-0.1, -0.05) is 34.4 Å². The van der Waals surface area contributed by atoms with Gasteiger partial charge in [-0.15, -0.1) is 0 Å². The van der Waals surface area contributed by atoms with Crippen LogP contribution in [0.1, 0.15) is 67.2 Å². The van der Waals surface area contributed by atoms with E-state index >= 15 is 0 Å². The van der Waals surface area contributed by atoms with Gasteiger partial charge in [0.25, 0.3) is 0 Å². The second-order valence-electron chi connectivity index (χ2n) is 5.94. The number of rotatable bonds is 8. The Morgan fingerprint density at radius 2 is 0.957 bits per heavy atom. The summed E-state index contributed by atoms with van der Waals surface area (Å²) in [4.78, 5) is 20.0. The maximum atomic E-state index is 10.0. The first-order valence-electron chi connectivity index (χ1n) is 7.82. The van der Waals surface area contributed by atoms with Crippen molar-refractivity contribution in [1.29, 1.82) is 0 Å². The molecule has 2 nitrogen and oxygen atoms in total. The van der Waals surface area contributed by atoms with Gasteiger partial charge in [-0.05, 0) is 79.4 Å². The molecule has 23 heavy (non-hydrogen) atoms. The average Bonchev–Trinajstić information content (AvgIpc) is 2.39. The Bertz CT molecular complexity index is 391. The predicted molar refractivity (Wildman–Crippen MR) is 97.0 cm³/mol. The van der Waals surface area contributed by atoms with Crippen molar-refractivity contribution in [2.45, 2.75) is 67.2 Å². The predicted octanol–water partition coefficient (Wildman–Crippen LogP) is 5.76. The quantitative estimate of drug-likeness (QED) is 0.265. The van der Waals surface area contributed by atoms with Crippen LogP contribution in [0.2, 0.25) is 0 Å². The molecular weight excluding hydrogens is 423 g/mol. The summed E-state index contributed by atoms with van der Waals surface area (Å²) in [5, 5.41) is 0. The van der Waals surface area contributed by atoms with Crippen molar-refractivity contribution >= 4 is 12.6 Å². The molecule has 0 rings (SSSR count). The van der Waals surface area contributed by atoms with E-state index in [1.165, 1.54) is 11.1 Å². The van der Waals surface area contributed by atoms with Crippen LogP contribution in [0, 0.1) is 40.4 Å². The Hall–Kier alpha value is -0.362. The fraction of sp³-hybridized carbons (Fsp3) is 0.500. The first kappa shape index (κ1) is 27.5. The Labute approximate surface area is 175 Å². The maximum absolute atomic E-state index is 10.0. The van der Waals surface area contributed by atoms with Crippen LogP contribution in [0.5, 0.6) is 0 Å². The van der Waals surface area contributed by atoms with Crippen molar-refractivity contribution in [2.24, 2.45) is 0 Å². The van der Waals surface area contributed by atoms with Crippen LogP contribution < -0.4 is 0 Å². The number of hydrogen-bond donors (Lipinski definition) is 0. The monoisotopic (exact) mass is 456 g/mol. The topological polar surface area (TPSA) is 34.1 Å². The van der Waals surface area contributed by atoms with Gasteiger partial charge in [-0.25, -0.2) is 0 Å². The summed E-state index contributed by atoms with van der Waals surface area (Å²) in [6, 6.07) is 0. The van der Waals surface area contributed by atoms with Gasteiger partial charge in [0.2, 0.25) is 0 Å². The summed E-state index contributed by atoms with van der Waals surface area (Å²) in [5.74, 6) is 0. The molecule has 0 unspecified atom stereocenters. The molecule has 0 heterocycles. The summed E-state index contributed by atoms with van der Waals surface area (Å²) < 4.78 is 0. The maximum Gasteiger partial charge on any atom is 0.142 e. The minimum atomic E-state index is 0. The summed E-state index contributed by atoms with van der Waals surface area (Å²) in [7, 11) is 0. The van der Waals surface area contributed by atoms with Crippen LogP contribution in [0.4, 0.5) is 0 Å². The van der Waals surface area contributed by atoms with Gasteiger partial charge in [0.05, 0.1) is 0 Å². The summed E-state index contributed by atoms with van der Waals surface area (Å²) in [6.45, 7) is 12.3. The Morgan fingerprint density at radius 1 is 0.652 bits per heavy atom. The molecule has 0 aromatic rings. The minimum absolute atomic E-state index is 0. The summed E-state index contributed by atoms with van der Waals surface area (Å²) in [6.07, 6.45) is 13.4. The van der Waals surface area contributed by atoms with E-state index in [2.05, 4.69) is 39.8 Å². The molecule has 0 aromatic carbocycles. The Kier molecular flexibility index (Phi) is 23.5. The van der Waals surface area contributed by atoms with Gasteiger partial charge in [-0.2, -0.15) is 0 Å². The summed E-state index contributed by atoms with van der Waals surface area (Å²) >= 11 is 0. The van der Waals surface area contributed by atoms with E-state index in [-0.39, 0.29) is 40.4 Å². The zero-order chi connectivity index (χ0) is 17.4. The second-order valence-corrected chi connectivity index (χ2v) is 5.94. The van der Waals surface area contributed by atoms with Crippen LogP contribution in [-0.2, 0) is 9.59 Å². The SMILES string of the molecule is CC(C)=CCC/C(C)=C\C=O.CC(C)=CCC/C(C)=C\C=O.[Sm]. The van der Waals surface area contributed by atoms with E-state index in [0.29, 0.717) is 0 Å². The molecule has 0 aromatic heterocycles. The Morgan fingerprint density at radius 3 is 1.17 bits per heavy atom. The average molecular weight is 455 g/mol. The standard InChI is InChI=1S/2C10H16O.Sm/c2*1-9(2)5-4-6-10(3)7-8-11;/h2*5,7-8H,4,6H2,1-3H3;/b2*10-7-;. The first-order chi connectivity index (χ1) is 10.3. The van der Waals surface area contributed by atoms with Crippen LogP contribution >= 0.6 is 0 Å². The third-order valence-corrected chi connectivity index (χ3v) is 2.89. The Balaban J connectivity index is -0.000000333. The molecule has 0 atom stereocenters. The molecule has 0 aliphatic heterocycles. The van der Waals surface area contributed by atoms with Crippen molar-refractivity contribution in [3.8, 4) is 0 Å². The van der Waals surface area contributed by atoms with Crippen LogP contribution in [0.25, 0.3) is 0 Å². The third-order valence-electron chi connectivity index (χ3n) is 2.89. The van der Waals surface area contributed by atoms with Crippen molar-refractivity contribution in [2.75, 3.05) is 0 Å². The van der Waals surface area contributed by atoms with Gasteiger partial charge in [0.1, 0.15) is 12.6 Å². The molecule has 130 valence electrons. The minimum Gasteiger partial charge on any atom is -0.299 e. The van der Waals surface area contributed by atoms with Crippen molar-refractivity contribution in [1.82, 2.24) is 0 Å². The van der Waals surface area contributed by atoms with E-state index in [9.17, 15) is 9.59 Å². The van der Waals surface area contributed by atoms with E-state index in [1.54, 1.807) is 12.2 Å². The van der Waals surface area contributed by atoms with E-state index in [4.69, 9.17) is 0 Å². The van der Waals surface area contributed by atoms with E-state index < -0.39 is 0 Å². The molecule has 0 amide bonds. The molecule has 0 aliphatic carbocycles. The molecule has 0 saturated carbocycles. The molecule has 0 bridgehead atoms. The van der Waals surface area contributed by atoms with Gasteiger partial charge < -0.3 is 0 Å². The van der Waals surface area contributed by atoms with E-state index in [1.807, 2.05) is 13.8 Å². The molecule has 0 spiro atoms. The van der Waals surface area contributed by atoms with Gasteiger partial charge in [0.15, 0.2) is 0 Å². The second kappa shape index (κ2) is 19.7. The molecule has 0 radical (unpaired) electrons. The molecule has 0 fully saturated rings. The summed E-state index contributed by atoms with van der Waals surface area (Å²) in [5.41, 5.74) is 4.97. The fourth-order valence-corrected chi connectivity index (χ4v) is 1.58. The van der Waals surface area contributed by atoms with Gasteiger partial charge in [-0.3, -0.25) is 9.59 Å². The fourth-order valence-electron chi connectivity index (χ4n) is 1.58. The number of hydrogen-bond acceptors (Lipinski definition) is 2. The largest absolute Gasteiger partial charge is 0.299 e. The van der Waals surface area contributed by atoms with Crippen molar-refractivity contribution < 1.29 is 50.0 Å². The van der Waals surface area contributed by atoms with Crippen LogP contribution in [0.15, 0.2) is 46.6 Å². The molecule has 3 heteroatoms. The molecule has 0 saturated heterocycles.